The first kappa shape index (κ1) is 12.8. The molecule has 0 aromatic heterocycles. The van der Waals surface area contributed by atoms with E-state index < -0.39 is 11.4 Å². The van der Waals surface area contributed by atoms with Crippen LogP contribution >= 0.6 is 11.8 Å². The lowest BCUT2D eigenvalue weighted by Crippen LogP contribution is -2.49. The molecule has 1 aliphatic heterocycles. The van der Waals surface area contributed by atoms with Crippen molar-refractivity contribution in [1.82, 2.24) is 0 Å². The molecule has 0 radical (unpaired) electrons. The number of hydrogen-bond donors (Lipinski definition) is 2. The van der Waals surface area contributed by atoms with Crippen LogP contribution < -0.4 is 11.5 Å². The van der Waals surface area contributed by atoms with Crippen LogP contribution in [0.4, 0.5) is 0 Å². The Balaban J connectivity index is 2.24. The van der Waals surface area contributed by atoms with E-state index in [1.54, 1.807) is 6.92 Å². The second-order valence-corrected chi connectivity index (χ2v) is 5.65. The summed E-state index contributed by atoms with van der Waals surface area (Å²) in [4.78, 5) is 11.0. The average Bonchev–Trinajstić information content (AvgIpc) is 2.51. The highest BCUT2D eigenvalue weighted by molar-refractivity contribution is 7.99. The minimum Gasteiger partial charge on any atom is -0.377 e. The summed E-state index contributed by atoms with van der Waals surface area (Å²) in [6, 6.07) is 0. The Morgan fingerprint density at radius 2 is 2.33 bits per heavy atom. The molecule has 1 amide bonds. The summed E-state index contributed by atoms with van der Waals surface area (Å²) in [5.41, 5.74) is 10.1. The van der Waals surface area contributed by atoms with Gasteiger partial charge in [0, 0.05) is 11.9 Å². The Bertz CT molecular complexity index is 233. The molecule has 15 heavy (non-hydrogen) atoms. The minimum absolute atomic E-state index is 0.313. The molecule has 0 aliphatic carbocycles. The number of carbonyl (C=O) groups excluding carboxylic acids is 1. The molecule has 0 aromatic carbocycles. The molecular weight excluding hydrogens is 212 g/mol. The maximum atomic E-state index is 11.0. The number of rotatable bonds is 5. The van der Waals surface area contributed by atoms with E-state index in [-0.39, 0.29) is 0 Å². The van der Waals surface area contributed by atoms with Crippen LogP contribution in [0.2, 0.25) is 0 Å². The normalized spacial score (nSPS) is 30.1. The van der Waals surface area contributed by atoms with Gasteiger partial charge in [0.2, 0.25) is 5.91 Å². The van der Waals surface area contributed by atoms with Crippen LogP contribution in [0.3, 0.4) is 0 Å². The number of ether oxygens (including phenoxy) is 1. The van der Waals surface area contributed by atoms with Crippen molar-refractivity contribution in [1.29, 1.82) is 0 Å². The molecule has 0 aromatic rings. The quantitative estimate of drug-likeness (QED) is 0.723. The van der Waals surface area contributed by atoms with Crippen molar-refractivity contribution in [2.24, 2.45) is 11.5 Å². The van der Waals surface area contributed by atoms with Gasteiger partial charge in [0.05, 0.1) is 11.6 Å². The predicted molar refractivity (Wildman–Crippen MR) is 62.7 cm³/mol. The lowest BCUT2D eigenvalue weighted by atomic mass is 10.0. The molecule has 1 rings (SSSR count). The summed E-state index contributed by atoms with van der Waals surface area (Å²) < 4.78 is 5.45. The number of amides is 1. The van der Waals surface area contributed by atoms with E-state index in [4.69, 9.17) is 16.2 Å². The van der Waals surface area contributed by atoms with Crippen molar-refractivity contribution in [2.75, 3.05) is 12.4 Å². The summed E-state index contributed by atoms with van der Waals surface area (Å²) in [6.45, 7) is 4.61. The van der Waals surface area contributed by atoms with Crippen molar-refractivity contribution in [3.05, 3.63) is 0 Å². The highest BCUT2D eigenvalue weighted by atomic mass is 32.2. The molecule has 3 atom stereocenters. The van der Waals surface area contributed by atoms with Gasteiger partial charge in [-0.2, -0.15) is 11.8 Å². The van der Waals surface area contributed by atoms with E-state index >= 15 is 0 Å². The molecule has 88 valence electrons. The van der Waals surface area contributed by atoms with E-state index in [1.165, 1.54) is 0 Å². The third-order valence-corrected chi connectivity index (χ3v) is 4.31. The van der Waals surface area contributed by atoms with Crippen LogP contribution in [0.5, 0.6) is 0 Å². The van der Waals surface area contributed by atoms with Crippen molar-refractivity contribution in [3.8, 4) is 0 Å². The fourth-order valence-corrected chi connectivity index (χ4v) is 2.93. The highest BCUT2D eigenvalue weighted by Crippen LogP contribution is 2.27. The topological polar surface area (TPSA) is 78.3 Å². The van der Waals surface area contributed by atoms with Gasteiger partial charge in [0.1, 0.15) is 0 Å². The minimum atomic E-state index is -0.879. The molecule has 1 heterocycles. The van der Waals surface area contributed by atoms with Crippen LogP contribution in [0.25, 0.3) is 0 Å². The molecule has 5 heteroatoms. The van der Waals surface area contributed by atoms with Crippen molar-refractivity contribution in [3.63, 3.8) is 0 Å². The largest absolute Gasteiger partial charge is 0.377 e. The van der Waals surface area contributed by atoms with E-state index in [0.717, 1.165) is 18.8 Å². The molecule has 0 bridgehead atoms. The van der Waals surface area contributed by atoms with Crippen molar-refractivity contribution in [2.45, 2.75) is 43.6 Å². The standard InChI is InChI=1S/C10H20N2O2S/c1-7-8(3-5-14-7)15-6-4-10(2,12)9(11)13/h7-8H,3-6,12H2,1-2H3,(H2,11,13). The van der Waals surface area contributed by atoms with Crippen LogP contribution in [-0.4, -0.2) is 35.2 Å². The number of carbonyl (C=O) groups is 1. The zero-order valence-electron chi connectivity index (χ0n) is 9.36. The molecule has 0 spiro atoms. The Morgan fingerprint density at radius 3 is 2.80 bits per heavy atom. The third-order valence-electron chi connectivity index (χ3n) is 2.82. The highest BCUT2D eigenvalue weighted by Gasteiger charge is 2.28. The van der Waals surface area contributed by atoms with Crippen LogP contribution in [0.1, 0.15) is 26.7 Å². The van der Waals surface area contributed by atoms with Gasteiger partial charge in [0.25, 0.3) is 0 Å². The average molecular weight is 232 g/mol. The maximum absolute atomic E-state index is 11.0. The fraction of sp³-hybridized carbons (Fsp3) is 0.900. The third kappa shape index (κ3) is 3.66. The van der Waals surface area contributed by atoms with Crippen LogP contribution in [0, 0.1) is 0 Å². The molecule has 4 nitrogen and oxygen atoms in total. The van der Waals surface area contributed by atoms with Gasteiger partial charge < -0.3 is 16.2 Å². The Labute approximate surface area is 95.1 Å². The maximum Gasteiger partial charge on any atom is 0.237 e. The molecular formula is C10H20N2O2S. The summed E-state index contributed by atoms with van der Waals surface area (Å²) in [7, 11) is 0. The molecule has 1 aliphatic rings. The first-order valence-electron chi connectivity index (χ1n) is 5.25. The Hall–Kier alpha value is -0.260. The van der Waals surface area contributed by atoms with E-state index in [0.29, 0.717) is 17.8 Å². The molecule has 0 saturated carbocycles. The SMILES string of the molecule is CC1OCCC1SCCC(C)(N)C(N)=O. The van der Waals surface area contributed by atoms with Crippen molar-refractivity contribution < 1.29 is 9.53 Å². The monoisotopic (exact) mass is 232 g/mol. The summed E-state index contributed by atoms with van der Waals surface area (Å²) >= 11 is 1.82. The van der Waals surface area contributed by atoms with E-state index in [9.17, 15) is 4.79 Å². The number of primary amides is 1. The first-order valence-corrected chi connectivity index (χ1v) is 6.30. The fourth-order valence-electron chi connectivity index (χ4n) is 1.48. The van der Waals surface area contributed by atoms with Crippen LogP contribution in [-0.2, 0) is 9.53 Å². The molecule has 4 N–H and O–H groups in total. The second-order valence-electron chi connectivity index (χ2n) is 4.31. The van der Waals surface area contributed by atoms with Crippen LogP contribution in [0.15, 0.2) is 0 Å². The van der Waals surface area contributed by atoms with Gasteiger partial charge in [-0.3, -0.25) is 4.79 Å². The summed E-state index contributed by atoms with van der Waals surface area (Å²) in [6.07, 6.45) is 2.02. The first-order chi connectivity index (χ1) is 6.93. The molecule has 1 fully saturated rings. The zero-order chi connectivity index (χ0) is 11.5. The van der Waals surface area contributed by atoms with Gasteiger partial charge >= 0.3 is 0 Å². The van der Waals surface area contributed by atoms with E-state index in [2.05, 4.69) is 6.92 Å². The van der Waals surface area contributed by atoms with Crippen molar-refractivity contribution >= 4 is 17.7 Å². The smallest absolute Gasteiger partial charge is 0.237 e. The predicted octanol–water partition coefficient (Wildman–Crippen LogP) is 0.490. The van der Waals surface area contributed by atoms with Gasteiger partial charge in [-0.15, -0.1) is 0 Å². The van der Waals surface area contributed by atoms with Gasteiger partial charge in [-0.25, -0.2) is 0 Å². The van der Waals surface area contributed by atoms with Gasteiger partial charge in [0.15, 0.2) is 0 Å². The lowest BCUT2D eigenvalue weighted by molar-refractivity contribution is -0.122. The summed E-state index contributed by atoms with van der Waals surface area (Å²) in [5.74, 6) is 0.424. The molecule has 3 unspecified atom stereocenters. The lowest BCUT2D eigenvalue weighted by Gasteiger charge is -2.21. The number of nitrogens with two attached hydrogens (primary N) is 2. The number of hydrogen-bond acceptors (Lipinski definition) is 4. The summed E-state index contributed by atoms with van der Waals surface area (Å²) in [5, 5.41) is 0.536. The van der Waals surface area contributed by atoms with E-state index in [1.807, 2.05) is 11.8 Å². The molecule has 1 saturated heterocycles. The second kappa shape index (κ2) is 5.18. The Morgan fingerprint density at radius 1 is 1.67 bits per heavy atom. The number of thioether (sulfide) groups is 1. The Kier molecular flexibility index (Phi) is 4.43. The van der Waals surface area contributed by atoms with Gasteiger partial charge in [-0.1, -0.05) is 0 Å². The van der Waals surface area contributed by atoms with Gasteiger partial charge in [-0.05, 0) is 32.4 Å². The zero-order valence-corrected chi connectivity index (χ0v) is 10.2.